The first-order valence-corrected chi connectivity index (χ1v) is 9.78. The minimum Gasteiger partial charge on any atom is -0.497 e. The monoisotopic (exact) mass is 498 g/mol. The lowest BCUT2D eigenvalue weighted by atomic mass is 9.87. The number of aliphatic imine (C=N–C) groups is 1. The highest BCUT2D eigenvalue weighted by Crippen LogP contribution is 2.23. The van der Waals surface area contributed by atoms with Crippen molar-refractivity contribution >= 4 is 29.9 Å². The zero-order valence-electron chi connectivity index (χ0n) is 16.9. The van der Waals surface area contributed by atoms with Crippen LogP contribution in [0.4, 0.5) is 0 Å². The number of H-pyrrole nitrogens is 1. The van der Waals surface area contributed by atoms with Crippen LogP contribution < -0.4 is 15.4 Å². The summed E-state index contributed by atoms with van der Waals surface area (Å²) >= 11 is 0. The number of guanidine groups is 1. The topological polar surface area (TPSA) is 87.2 Å². The fourth-order valence-corrected chi connectivity index (χ4v) is 3.31. The summed E-state index contributed by atoms with van der Waals surface area (Å²) in [5, 5.41) is 14.2. The van der Waals surface area contributed by atoms with E-state index < -0.39 is 0 Å². The lowest BCUT2D eigenvalue weighted by molar-refractivity contribution is 0.329. The van der Waals surface area contributed by atoms with Crippen molar-refractivity contribution in [3.8, 4) is 17.1 Å². The van der Waals surface area contributed by atoms with E-state index in [4.69, 9.17) is 4.74 Å². The standard InChI is InChI=1S/C20H30N6O.HI/c1-4-21-20(23-16-9-5-14(2)6-10-16)22-13-18-24-19(26-25-18)15-7-11-17(27-3)12-8-15;/h7-8,11-12,14,16H,4-6,9-10,13H2,1-3H3,(H2,21,22,23)(H,24,25,26);1H. The molecular formula is C20H31IN6O. The number of rotatable bonds is 6. The number of benzene rings is 1. The number of methoxy groups -OCH3 is 1. The van der Waals surface area contributed by atoms with E-state index >= 15 is 0 Å². The van der Waals surface area contributed by atoms with Gasteiger partial charge in [0, 0.05) is 18.2 Å². The minimum atomic E-state index is 0. The Bertz CT molecular complexity index is 737. The average Bonchev–Trinajstić information content (AvgIpc) is 3.17. The third-order valence-electron chi connectivity index (χ3n) is 4.97. The lowest BCUT2D eigenvalue weighted by Crippen LogP contribution is -2.44. The van der Waals surface area contributed by atoms with E-state index in [2.05, 4.69) is 44.7 Å². The molecule has 0 amide bonds. The van der Waals surface area contributed by atoms with Crippen molar-refractivity contribution in [2.45, 2.75) is 52.1 Å². The Kier molecular flexibility index (Phi) is 9.01. The summed E-state index contributed by atoms with van der Waals surface area (Å²) in [5.74, 6) is 3.92. The van der Waals surface area contributed by atoms with Crippen LogP contribution in [-0.4, -0.2) is 40.8 Å². The van der Waals surface area contributed by atoms with Gasteiger partial charge in [-0.15, -0.1) is 24.0 Å². The SMILES string of the molecule is CCNC(=NCc1nc(-c2ccc(OC)cc2)n[nH]1)NC1CCC(C)CC1.I. The molecule has 0 aliphatic heterocycles. The van der Waals surface area contributed by atoms with Gasteiger partial charge in [-0.3, -0.25) is 5.10 Å². The lowest BCUT2D eigenvalue weighted by Gasteiger charge is -2.28. The van der Waals surface area contributed by atoms with Crippen LogP contribution >= 0.6 is 24.0 Å². The molecule has 1 aromatic heterocycles. The Morgan fingerprint density at radius 1 is 1.21 bits per heavy atom. The quantitative estimate of drug-likeness (QED) is 0.321. The zero-order valence-corrected chi connectivity index (χ0v) is 19.2. The van der Waals surface area contributed by atoms with Crippen LogP contribution in [0.5, 0.6) is 5.75 Å². The number of hydrogen-bond donors (Lipinski definition) is 3. The van der Waals surface area contributed by atoms with Crippen LogP contribution in [0.3, 0.4) is 0 Å². The van der Waals surface area contributed by atoms with E-state index in [1.165, 1.54) is 25.7 Å². The van der Waals surface area contributed by atoms with Gasteiger partial charge in [-0.2, -0.15) is 5.10 Å². The van der Waals surface area contributed by atoms with Gasteiger partial charge in [0.1, 0.15) is 18.1 Å². The van der Waals surface area contributed by atoms with Crippen LogP contribution in [-0.2, 0) is 6.54 Å². The van der Waals surface area contributed by atoms with Crippen molar-refractivity contribution in [3.63, 3.8) is 0 Å². The Morgan fingerprint density at radius 2 is 1.93 bits per heavy atom. The van der Waals surface area contributed by atoms with Gasteiger partial charge in [0.05, 0.1) is 7.11 Å². The molecule has 1 heterocycles. The summed E-state index contributed by atoms with van der Waals surface area (Å²) in [7, 11) is 1.65. The van der Waals surface area contributed by atoms with Crippen LogP contribution in [0.1, 0.15) is 45.4 Å². The first-order chi connectivity index (χ1) is 13.2. The first kappa shape index (κ1) is 22.4. The van der Waals surface area contributed by atoms with Crippen molar-refractivity contribution in [2.75, 3.05) is 13.7 Å². The van der Waals surface area contributed by atoms with E-state index in [0.717, 1.165) is 35.6 Å². The highest BCUT2D eigenvalue weighted by molar-refractivity contribution is 14.0. The molecule has 154 valence electrons. The van der Waals surface area contributed by atoms with Crippen LogP contribution in [0, 0.1) is 5.92 Å². The Balaban J connectivity index is 0.00000280. The fourth-order valence-electron chi connectivity index (χ4n) is 3.31. The maximum Gasteiger partial charge on any atom is 0.191 e. The largest absolute Gasteiger partial charge is 0.497 e. The highest BCUT2D eigenvalue weighted by atomic mass is 127. The van der Waals surface area contributed by atoms with Gasteiger partial charge < -0.3 is 15.4 Å². The third kappa shape index (κ3) is 6.35. The Labute approximate surface area is 184 Å². The van der Waals surface area contributed by atoms with Crippen LogP contribution in [0.15, 0.2) is 29.3 Å². The Morgan fingerprint density at radius 3 is 2.57 bits per heavy atom. The molecule has 0 unspecified atom stereocenters. The molecule has 28 heavy (non-hydrogen) atoms. The summed E-state index contributed by atoms with van der Waals surface area (Å²) in [6.45, 7) is 5.71. The fraction of sp³-hybridized carbons (Fsp3) is 0.550. The summed E-state index contributed by atoms with van der Waals surface area (Å²) in [6.07, 6.45) is 4.97. The summed E-state index contributed by atoms with van der Waals surface area (Å²) < 4.78 is 5.19. The first-order valence-electron chi connectivity index (χ1n) is 9.78. The van der Waals surface area contributed by atoms with Gasteiger partial charge in [-0.25, -0.2) is 9.98 Å². The molecule has 1 saturated carbocycles. The molecule has 0 bridgehead atoms. The number of ether oxygens (including phenoxy) is 1. The number of nitrogens with zero attached hydrogens (tertiary/aromatic N) is 3. The maximum absolute atomic E-state index is 5.19. The molecular weight excluding hydrogens is 467 g/mol. The molecule has 0 saturated heterocycles. The average molecular weight is 498 g/mol. The minimum absolute atomic E-state index is 0. The Hall–Kier alpha value is -1.84. The number of nitrogens with one attached hydrogen (secondary N) is 3. The normalized spacial score (nSPS) is 19.6. The van der Waals surface area contributed by atoms with Crippen molar-refractivity contribution in [1.82, 2.24) is 25.8 Å². The second-order valence-electron chi connectivity index (χ2n) is 7.13. The second kappa shape index (κ2) is 11.2. The second-order valence-corrected chi connectivity index (χ2v) is 7.13. The summed E-state index contributed by atoms with van der Waals surface area (Å²) in [6, 6.07) is 8.21. The molecule has 1 fully saturated rings. The number of aromatic nitrogens is 3. The molecule has 1 aliphatic rings. The van der Waals surface area contributed by atoms with Crippen LogP contribution in [0.2, 0.25) is 0 Å². The molecule has 2 aromatic rings. The predicted molar refractivity (Wildman–Crippen MR) is 123 cm³/mol. The van der Waals surface area contributed by atoms with Gasteiger partial charge in [-0.1, -0.05) is 6.92 Å². The number of aromatic amines is 1. The number of hydrogen-bond acceptors (Lipinski definition) is 4. The molecule has 3 N–H and O–H groups in total. The number of halogens is 1. The van der Waals surface area contributed by atoms with E-state index in [9.17, 15) is 0 Å². The van der Waals surface area contributed by atoms with E-state index in [-0.39, 0.29) is 24.0 Å². The molecule has 0 atom stereocenters. The maximum atomic E-state index is 5.19. The molecule has 7 nitrogen and oxygen atoms in total. The molecule has 1 aromatic carbocycles. The van der Waals surface area contributed by atoms with Crippen molar-refractivity contribution in [1.29, 1.82) is 0 Å². The van der Waals surface area contributed by atoms with E-state index in [1.807, 2.05) is 24.3 Å². The van der Waals surface area contributed by atoms with Gasteiger partial charge >= 0.3 is 0 Å². The summed E-state index contributed by atoms with van der Waals surface area (Å²) in [5.41, 5.74) is 0.948. The zero-order chi connectivity index (χ0) is 19.1. The van der Waals surface area contributed by atoms with Crippen molar-refractivity contribution < 1.29 is 4.74 Å². The molecule has 0 spiro atoms. The summed E-state index contributed by atoms with van der Waals surface area (Å²) in [4.78, 5) is 9.23. The van der Waals surface area contributed by atoms with Gasteiger partial charge in [0.25, 0.3) is 0 Å². The highest BCUT2D eigenvalue weighted by Gasteiger charge is 2.18. The predicted octanol–water partition coefficient (Wildman–Crippen LogP) is 3.73. The van der Waals surface area contributed by atoms with E-state index in [0.29, 0.717) is 18.4 Å². The van der Waals surface area contributed by atoms with Crippen molar-refractivity contribution in [2.24, 2.45) is 10.9 Å². The van der Waals surface area contributed by atoms with Gasteiger partial charge in [0.15, 0.2) is 11.8 Å². The van der Waals surface area contributed by atoms with Gasteiger partial charge in [0.2, 0.25) is 0 Å². The molecule has 0 radical (unpaired) electrons. The van der Waals surface area contributed by atoms with Gasteiger partial charge in [-0.05, 0) is 62.8 Å². The van der Waals surface area contributed by atoms with E-state index in [1.54, 1.807) is 7.11 Å². The van der Waals surface area contributed by atoms with Crippen molar-refractivity contribution in [3.05, 3.63) is 30.1 Å². The molecule has 3 rings (SSSR count). The molecule has 8 heteroatoms. The molecule has 1 aliphatic carbocycles. The third-order valence-corrected chi connectivity index (χ3v) is 4.97. The smallest absolute Gasteiger partial charge is 0.191 e. The van der Waals surface area contributed by atoms with Crippen LogP contribution in [0.25, 0.3) is 11.4 Å².